The van der Waals surface area contributed by atoms with E-state index in [1.165, 1.54) is 0 Å². The second-order valence-electron chi connectivity index (χ2n) is 8.20. The third-order valence-corrected chi connectivity index (χ3v) is 5.77. The summed E-state index contributed by atoms with van der Waals surface area (Å²) in [7, 11) is 1.91. The van der Waals surface area contributed by atoms with Crippen molar-refractivity contribution in [1.29, 1.82) is 0 Å². The van der Waals surface area contributed by atoms with Crippen LogP contribution in [0.3, 0.4) is 0 Å². The summed E-state index contributed by atoms with van der Waals surface area (Å²) in [4.78, 5) is 20.0. The predicted octanol–water partition coefficient (Wildman–Crippen LogP) is 2.61. The Balaban J connectivity index is 1.51. The fraction of sp³-hybridized carbons (Fsp3) is 0.409. The maximum absolute atomic E-state index is 12.9. The molecule has 0 bridgehead atoms. The van der Waals surface area contributed by atoms with Crippen molar-refractivity contribution in [3.63, 3.8) is 0 Å². The normalized spacial score (nSPS) is 22.1. The number of aromatic nitrogens is 3. The zero-order valence-electron chi connectivity index (χ0n) is 16.8. The number of nitrogens with zero attached hydrogens (tertiary/aromatic N) is 4. The van der Waals surface area contributed by atoms with Crippen molar-refractivity contribution < 1.29 is 9.53 Å². The number of hydrogen-bond acceptors (Lipinski definition) is 5. The maximum atomic E-state index is 12.9. The summed E-state index contributed by atoms with van der Waals surface area (Å²) in [6.45, 7) is 4.04. The summed E-state index contributed by atoms with van der Waals surface area (Å²) < 4.78 is 7.93. The smallest absolute Gasteiger partial charge is 0.252 e. The number of amides is 1. The summed E-state index contributed by atoms with van der Waals surface area (Å²) in [5.74, 6) is 0.790. The van der Waals surface area contributed by atoms with Gasteiger partial charge in [0.05, 0.1) is 30.4 Å². The molecule has 1 aromatic carbocycles. The molecule has 5 rings (SSSR count). The van der Waals surface area contributed by atoms with Crippen molar-refractivity contribution in [2.24, 2.45) is 7.05 Å². The zero-order valence-corrected chi connectivity index (χ0v) is 16.8. The topological polar surface area (TPSA) is 72.3 Å². The molecule has 7 heteroatoms. The van der Waals surface area contributed by atoms with Gasteiger partial charge >= 0.3 is 0 Å². The van der Waals surface area contributed by atoms with Crippen LogP contribution in [0.25, 0.3) is 10.9 Å². The number of carbonyl (C=O) groups excluding carboxylic acids is 1. The number of rotatable bonds is 4. The summed E-state index contributed by atoms with van der Waals surface area (Å²) in [6.07, 6.45) is 5.97. The Bertz CT molecular complexity index is 1070. The van der Waals surface area contributed by atoms with Gasteiger partial charge in [-0.1, -0.05) is 18.2 Å². The number of para-hydroxylation sites is 1. The quantitative estimate of drug-likeness (QED) is 0.740. The molecular formula is C22H25N5O2. The molecule has 0 spiro atoms. The molecule has 1 N–H and O–H groups in total. The Morgan fingerprint density at radius 2 is 2.14 bits per heavy atom. The summed E-state index contributed by atoms with van der Waals surface area (Å²) >= 11 is 0. The molecule has 150 valence electrons. The van der Waals surface area contributed by atoms with Crippen LogP contribution in [-0.2, 0) is 17.4 Å². The highest BCUT2D eigenvalue weighted by atomic mass is 16.5. The number of fused-ring (bicyclic) bond motifs is 1. The first-order chi connectivity index (χ1) is 14.0. The average Bonchev–Trinajstić information content (AvgIpc) is 3.43. The van der Waals surface area contributed by atoms with Crippen LogP contribution in [0.2, 0.25) is 0 Å². The van der Waals surface area contributed by atoms with Crippen LogP contribution in [0.1, 0.15) is 35.7 Å². The SMILES string of the molecule is Cn1cc(C2(C)CN(c3cc(C(=O)NC4CC4)c4ccccc4n3)CCO2)cn1. The van der Waals surface area contributed by atoms with Crippen LogP contribution in [0.4, 0.5) is 5.82 Å². The van der Waals surface area contributed by atoms with Crippen LogP contribution in [0.5, 0.6) is 0 Å². The lowest BCUT2D eigenvalue weighted by molar-refractivity contribution is -0.0468. The molecule has 2 fully saturated rings. The van der Waals surface area contributed by atoms with Crippen LogP contribution >= 0.6 is 0 Å². The molecule has 1 unspecified atom stereocenters. The number of hydrogen-bond donors (Lipinski definition) is 1. The standard InChI is InChI=1S/C22H25N5O2/c1-22(15-12-23-26(2)13-15)14-27(9-10-29-22)20-11-18(21(28)24-16-7-8-16)17-5-3-4-6-19(17)25-20/h3-6,11-13,16H,7-10,14H2,1-2H3,(H,24,28). The number of anilines is 1. The number of benzene rings is 1. The largest absolute Gasteiger partial charge is 0.367 e. The number of aryl methyl sites for hydroxylation is 1. The van der Waals surface area contributed by atoms with Crippen LogP contribution in [-0.4, -0.2) is 46.4 Å². The number of carbonyl (C=O) groups is 1. The first-order valence-corrected chi connectivity index (χ1v) is 10.1. The Morgan fingerprint density at radius 1 is 1.31 bits per heavy atom. The van der Waals surface area contributed by atoms with Gasteiger partial charge in [-0.15, -0.1) is 0 Å². The van der Waals surface area contributed by atoms with E-state index in [1.54, 1.807) is 4.68 Å². The van der Waals surface area contributed by atoms with Gasteiger partial charge < -0.3 is 15.0 Å². The van der Waals surface area contributed by atoms with E-state index in [9.17, 15) is 4.79 Å². The van der Waals surface area contributed by atoms with Crippen LogP contribution in [0.15, 0.2) is 42.7 Å². The molecular weight excluding hydrogens is 366 g/mol. The minimum atomic E-state index is -0.476. The van der Waals surface area contributed by atoms with Gasteiger partial charge in [-0.2, -0.15) is 5.10 Å². The van der Waals surface area contributed by atoms with Crippen molar-refractivity contribution in [2.45, 2.75) is 31.4 Å². The summed E-state index contributed by atoms with van der Waals surface area (Å²) in [6, 6.07) is 10.1. The first kappa shape index (κ1) is 18.1. The highest BCUT2D eigenvalue weighted by Gasteiger charge is 2.36. The van der Waals surface area contributed by atoms with Gasteiger partial charge in [0.1, 0.15) is 11.4 Å². The minimum absolute atomic E-state index is 0.0179. The van der Waals surface area contributed by atoms with Gasteiger partial charge in [-0.25, -0.2) is 4.98 Å². The molecule has 2 aliphatic rings. The molecule has 0 radical (unpaired) electrons. The number of morpholine rings is 1. The van der Waals surface area contributed by atoms with E-state index < -0.39 is 5.60 Å². The highest BCUT2D eigenvalue weighted by Crippen LogP contribution is 2.32. The summed E-state index contributed by atoms with van der Waals surface area (Å²) in [5, 5.41) is 8.30. The van der Waals surface area contributed by atoms with Gasteiger partial charge in [0.2, 0.25) is 0 Å². The third-order valence-electron chi connectivity index (χ3n) is 5.77. The Kier molecular flexibility index (Phi) is 4.28. The van der Waals surface area contributed by atoms with Gasteiger partial charge in [-0.05, 0) is 31.9 Å². The molecule has 3 heterocycles. The number of pyridine rings is 1. The van der Waals surface area contributed by atoms with Crippen LogP contribution in [0, 0.1) is 0 Å². The number of ether oxygens (including phenoxy) is 1. The minimum Gasteiger partial charge on any atom is -0.367 e. The lowest BCUT2D eigenvalue weighted by Gasteiger charge is -2.40. The second-order valence-corrected chi connectivity index (χ2v) is 8.20. The van der Waals surface area contributed by atoms with Crippen molar-refractivity contribution in [1.82, 2.24) is 20.1 Å². The molecule has 2 aromatic heterocycles. The molecule has 1 aliphatic heterocycles. The van der Waals surface area contributed by atoms with E-state index in [0.717, 1.165) is 41.7 Å². The molecule has 1 saturated carbocycles. The Morgan fingerprint density at radius 3 is 2.90 bits per heavy atom. The lowest BCUT2D eigenvalue weighted by atomic mass is 9.96. The van der Waals surface area contributed by atoms with Crippen molar-refractivity contribution in [3.8, 4) is 0 Å². The van der Waals surface area contributed by atoms with Gasteiger partial charge in [-0.3, -0.25) is 9.48 Å². The molecule has 3 aromatic rings. The lowest BCUT2D eigenvalue weighted by Crippen LogP contribution is -2.48. The maximum Gasteiger partial charge on any atom is 0.252 e. The highest BCUT2D eigenvalue weighted by molar-refractivity contribution is 6.07. The van der Waals surface area contributed by atoms with E-state index in [1.807, 2.05) is 49.8 Å². The van der Waals surface area contributed by atoms with Crippen molar-refractivity contribution >= 4 is 22.6 Å². The van der Waals surface area contributed by atoms with E-state index in [2.05, 4.69) is 22.2 Å². The first-order valence-electron chi connectivity index (χ1n) is 10.1. The average molecular weight is 391 g/mol. The third kappa shape index (κ3) is 3.46. The van der Waals surface area contributed by atoms with Gasteiger partial charge in [0.15, 0.2) is 0 Å². The fourth-order valence-corrected chi connectivity index (χ4v) is 3.94. The monoisotopic (exact) mass is 391 g/mol. The zero-order chi connectivity index (χ0) is 20.0. The van der Waals surface area contributed by atoms with Crippen molar-refractivity contribution in [2.75, 3.05) is 24.6 Å². The van der Waals surface area contributed by atoms with E-state index in [-0.39, 0.29) is 5.91 Å². The predicted molar refractivity (Wildman–Crippen MR) is 111 cm³/mol. The van der Waals surface area contributed by atoms with E-state index in [4.69, 9.17) is 9.72 Å². The Hall–Kier alpha value is -2.93. The molecule has 1 aliphatic carbocycles. The molecule has 7 nitrogen and oxygen atoms in total. The van der Waals surface area contributed by atoms with E-state index in [0.29, 0.717) is 24.8 Å². The Labute approximate surface area is 169 Å². The van der Waals surface area contributed by atoms with Gasteiger partial charge in [0, 0.05) is 36.8 Å². The number of nitrogens with one attached hydrogen (secondary N) is 1. The molecule has 29 heavy (non-hydrogen) atoms. The fourth-order valence-electron chi connectivity index (χ4n) is 3.94. The molecule has 1 amide bonds. The summed E-state index contributed by atoms with van der Waals surface area (Å²) in [5.41, 5.74) is 2.08. The second kappa shape index (κ2) is 6.84. The molecule has 1 atom stereocenters. The molecule has 1 saturated heterocycles. The van der Waals surface area contributed by atoms with E-state index >= 15 is 0 Å². The van der Waals surface area contributed by atoms with Crippen molar-refractivity contribution in [3.05, 3.63) is 53.9 Å². The van der Waals surface area contributed by atoms with Gasteiger partial charge in [0.25, 0.3) is 5.91 Å². The van der Waals surface area contributed by atoms with Crippen LogP contribution < -0.4 is 10.2 Å².